The number of aryl methyl sites for hydroxylation is 1. The molecule has 2 nitrogen and oxygen atoms in total. The van der Waals surface area contributed by atoms with E-state index in [1.807, 2.05) is 18.2 Å². The number of nitrogens with zero attached hydrogens (tertiary/aromatic N) is 1. The lowest BCUT2D eigenvalue weighted by Crippen LogP contribution is -1.93. The number of benzene rings is 2. The Balaban J connectivity index is 2.07. The highest BCUT2D eigenvalue weighted by atomic mass is 32.1. The summed E-state index contributed by atoms with van der Waals surface area (Å²) < 4.78 is 2.32. The quantitative estimate of drug-likeness (QED) is 0.467. The third-order valence-electron chi connectivity index (χ3n) is 4.15. The van der Waals surface area contributed by atoms with Crippen molar-refractivity contribution in [3.8, 4) is 10.4 Å². The third kappa shape index (κ3) is 1.90. The molecule has 2 aromatic carbocycles. The number of aldehydes is 1. The Morgan fingerprint density at radius 1 is 1.05 bits per heavy atom. The Morgan fingerprint density at radius 2 is 1.95 bits per heavy atom. The maximum Gasteiger partial charge on any atom is 0.150 e. The van der Waals surface area contributed by atoms with Crippen LogP contribution >= 0.6 is 11.3 Å². The standard InChI is InChI=1S/C19H15NOS/c1-2-20-17-8-5-13(12-21)10-16(17)15-7-6-14(11-18(15)20)19-4-3-9-22-19/h3-12H,2H2,1H3. The van der Waals surface area contributed by atoms with Gasteiger partial charge in [0.1, 0.15) is 6.29 Å². The van der Waals surface area contributed by atoms with Gasteiger partial charge in [0, 0.05) is 38.8 Å². The van der Waals surface area contributed by atoms with Crippen molar-refractivity contribution < 1.29 is 4.79 Å². The van der Waals surface area contributed by atoms with Gasteiger partial charge in [-0.05, 0) is 48.2 Å². The molecule has 4 aromatic rings. The first-order valence-corrected chi connectivity index (χ1v) is 8.25. The van der Waals surface area contributed by atoms with Crippen molar-refractivity contribution in [2.75, 3.05) is 0 Å². The number of fused-ring (bicyclic) bond motifs is 3. The molecular formula is C19H15NOS. The second-order valence-electron chi connectivity index (χ2n) is 5.35. The van der Waals surface area contributed by atoms with Gasteiger partial charge in [0.05, 0.1) is 0 Å². The zero-order chi connectivity index (χ0) is 15.1. The molecule has 0 saturated carbocycles. The zero-order valence-corrected chi connectivity index (χ0v) is 13.1. The number of hydrogen-bond donors (Lipinski definition) is 0. The molecule has 0 fully saturated rings. The van der Waals surface area contributed by atoms with E-state index in [4.69, 9.17) is 0 Å². The molecule has 0 amide bonds. The molecule has 0 N–H and O–H groups in total. The van der Waals surface area contributed by atoms with Crippen LogP contribution in [0.15, 0.2) is 53.9 Å². The first-order valence-electron chi connectivity index (χ1n) is 7.37. The first kappa shape index (κ1) is 13.3. The number of carbonyl (C=O) groups is 1. The Labute approximate surface area is 132 Å². The second-order valence-corrected chi connectivity index (χ2v) is 6.30. The van der Waals surface area contributed by atoms with E-state index in [1.54, 1.807) is 11.3 Å². The summed E-state index contributed by atoms with van der Waals surface area (Å²) in [6.07, 6.45) is 0.911. The summed E-state index contributed by atoms with van der Waals surface area (Å²) in [7, 11) is 0. The van der Waals surface area contributed by atoms with Crippen LogP contribution in [0, 0.1) is 0 Å². The summed E-state index contributed by atoms with van der Waals surface area (Å²) in [6.45, 7) is 3.07. The first-order chi connectivity index (χ1) is 10.8. The Hall–Kier alpha value is -2.39. The average Bonchev–Trinajstić information content (AvgIpc) is 3.19. The largest absolute Gasteiger partial charge is 0.341 e. The van der Waals surface area contributed by atoms with Crippen molar-refractivity contribution >= 4 is 39.4 Å². The van der Waals surface area contributed by atoms with E-state index in [0.717, 1.165) is 23.8 Å². The predicted octanol–water partition coefficient (Wildman–Crippen LogP) is 5.36. The van der Waals surface area contributed by atoms with E-state index in [0.29, 0.717) is 0 Å². The number of hydrogen-bond acceptors (Lipinski definition) is 2. The predicted molar refractivity (Wildman–Crippen MR) is 93.8 cm³/mol. The van der Waals surface area contributed by atoms with Gasteiger partial charge in [0.15, 0.2) is 0 Å². The van der Waals surface area contributed by atoms with Crippen LogP contribution in [0.2, 0.25) is 0 Å². The molecule has 2 aromatic heterocycles. The lowest BCUT2D eigenvalue weighted by Gasteiger charge is -2.04. The summed E-state index contributed by atoms with van der Waals surface area (Å²) in [5.41, 5.74) is 4.39. The normalized spacial score (nSPS) is 11.3. The number of carbonyl (C=O) groups excluding carboxylic acids is 1. The summed E-state index contributed by atoms with van der Waals surface area (Å²) in [5, 5.41) is 4.46. The summed E-state index contributed by atoms with van der Waals surface area (Å²) >= 11 is 1.76. The van der Waals surface area contributed by atoms with Gasteiger partial charge in [0.25, 0.3) is 0 Å². The summed E-state index contributed by atoms with van der Waals surface area (Å²) in [4.78, 5) is 12.3. The van der Waals surface area contributed by atoms with Gasteiger partial charge in [0.2, 0.25) is 0 Å². The maximum absolute atomic E-state index is 11.1. The molecular weight excluding hydrogens is 290 g/mol. The van der Waals surface area contributed by atoms with Crippen LogP contribution in [0.3, 0.4) is 0 Å². The van der Waals surface area contributed by atoms with Gasteiger partial charge in [-0.25, -0.2) is 0 Å². The SMILES string of the molecule is CCn1c2ccc(C=O)cc2c2ccc(-c3cccs3)cc21. The van der Waals surface area contributed by atoms with E-state index in [2.05, 4.69) is 47.2 Å². The summed E-state index contributed by atoms with van der Waals surface area (Å²) in [5.74, 6) is 0. The minimum atomic E-state index is 0.727. The topological polar surface area (TPSA) is 22.0 Å². The minimum absolute atomic E-state index is 0.727. The fraction of sp³-hybridized carbons (Fsp3) is 0.105. The average molecular weight is 305 g/mol. The van der Waals surface area contributed by atoms with Crippen molar-refractivity contribution in [3.63, 3.8) is 0 Å². The van der Waals surface area contributed by atoms with Gasteiger partial charge in [-0.15, -0.1) is 11.3 Å². The smallest absolute Gasteiger partial charge is 0.150 e. The van der Waals surface area contributed by atoms with Crippen molar-refractivity contribution in [2.24, 2.45) is 0 Å². The van der Waals surface area contributed by atoms with E-state index < -0.39 is 0 Å². The molecule has 0 radical (unpaired) electrons. The molecule has 0 aliphatic heterocycles. The molecule has 3 heteroatoms. The lowest BCUT2D eigenvalue weighted by molar-refractivity contribution is 0.112. The molecule has 0 unspecified atom stereocenters. The molecule has 0 aliphatic carbocycles. The van der Waals surface area contributed by atoms with E-state index >= 15 is 0 Å². The maximum atomic E-state index is 11.1. The molecule has 4 rings (SSSR count). The molecule has 0 saturated heterocycles. The second kappa shape index (κ2) is 5.11. The third-order valence-corrected chi connectivity index (χ3v) is 5.07. The van der Waals surface area contributed by atoms with Crippen LogP contribution in [-0.2, 0) is 6.54 Å². The molecule has 0 spiro atoms. The van der Waals surface area contributed by atoms with Crippen LogP contribution in [0.4, 0.5) is 0 Å². The van der Waals surface area contributed by atoms with Crippen molar-refractivity contribution in [1.29, 1.82) is 0 Å². The van der Waals surface area contributed by atoms with Gasteiger partial charge in [-0.3, -0.25) is 4.79 Å². The Bertz CT molecular complexity index is 980. The van der Waals surface area contributed by atoms with Gasteiger partial charge in [-0.1, -0.05) is 18.2 Å². The van der Waals surface area contributed by atoms with Crippen molar-refractivity contribution in [3.05, 3.63) is 59.5 Å². The highest BCUT2D eigenvalue weighted by Crippen LogP contribution is 2.34. The van der Waals surface area contributed by atoms with Crippen molar-refractivity contribution in [1.82, 2.24) is 4.57 Å². The monoisotopic (exact) mass is 305 g/mol. The minimum Gasteiger partial charge on any atom is -0.341 e. The number of rotatable bonds is 3. The number of thiophene rings is 1. The van der Waals surface area contributed by atoms with Crippen LogP contribution in [0.25, 0.3) is 32.2 Å². The highest BCUT2D eigenvalue weighted by Gasteiger charge is 2.11. The molecule has 22 heavy (non-hydrogen) atoms. The Kier molecular flexibility index (Phi) is 3.09. The van der Waals surface area contributed by atoms with Gasteiger partial charge >= 0.3 is 0 Å². The van der Waals surface area contributed by atoms with E-state index in [1.165, 1.54) is 26.9 Å². The van der Waals surface area contributed by atoms with Crippen LogP contribution in [-0.4, -0.2) is 10.9 Å². The molecule has 0 bridgehead atoms. The summed E-state index contributed by atoms with van der Waals surface area (Å²) in [6, 6.07) is 16.8. The van der Waals surface area contributed by atoms with E-state index in [-0.39, 0.29) is 0 Å². The Morgan fingerprint density at radius 3 is 2.68 bits per heavy atom. The van der Waals surface area contributed by atoms with Crippen LogP contribution in [0.5, 0.6) is 0 Å². The van der Waals surface area contributed by atoms with Gasteiger partial charge < -0.3 is 4.57 Å². The van der Waals surface area contributed by atoms with Crippen molar-refractivity contribution in [2.45, 2.75) is 13.5 Å². The van der Waals surface area contributed by atoms with E-state index in [9.17, 15) is 4.79 Å². The number of aromatic nitrogens is 1. The molecule has 108 valence electrons. The molecule has 2 heterocycles. The zero-order valence-electron chi connectivity index (χ0n) is 12.2. The van der Waals surface area contributed by atoms with Crippen LogP contribution in [0.1, 0.15) is 17.3 Å². The van der Waals surface area contributed by atoms with Crippen LogP contribution < -0.4 is 0 Å². The molecule has 0 aliphatic rings. The fourth-order valence-electron chi connectivity index (χ4n) is 3.13. The fourth-order valence-corrected chi connectivity index (χ4v) is 3.85. The van der Waals surface area contributed by atoms with Gasteiger partial charge in [-0.2, -0.15) is 0 Å². The molecule has 0 atom stereocenters. The highest BCUT2D eigenvalue weighted by molar-refractivity contribution is 7.13. The lowest BCUT2D eigenvalue weighted by atomic mass is 10.1.